The normalized spacial score (nSPS) is 37.2. The molecule has 2 heterocycles. The van der Waals surface area contributed by atoms with Gasteiger partial charge in [-0.3, -0.25) is 19.2 Å². The van der Waals surface area contributed by atoms with E-state index in [1.165, 1.54) is 0 Å². The first-order valence-electron chi connectivity index (χ1n) is 9.26. The second kappa shape index (κ2) is 5.62. The van der Waals surface area contributed by atoms with Crippen LogP contribution >= 0.6 is 0 Å². The van der Waals surface area contributed by atoms with Crippen molar-refractivity contribution in [1.29, 1.82) is 0 Å². The van der Waals surface area contributed by atoms with Gasteiger partial charge in [-0.05, 0) is 19.1 Å². The van der Waals surface area contributed by atoms with Crippen molar-refractivity contribution in [3.8, 4) is 5.75 Å². The second-order valence-electron chi connectivity index (χ2n) is 8.06. The molecule has 0 aromatic heterocycles. The largest absolute Gasteiger partial charge is 0.423 e. The van der Waals surface area contributed by atoms with Gasteiger partial charge in [0.2, 0.25) is 0 Å². The first-order chi connectivity index (χ1) is 13.8. The Morgan fingerprint density at radius 1 is 0.862 bits per heavy atom. The standard InChI is InChI=1S/C21H16O8/c1-8-10-11-14(19(25)28-16(11)22)21(2,15-12(10)17(23)29-20(15)26)13(8)18(24)27-9-6-4-3-5-7-9/h3-7,10-12,14-15H,1-2H3. The van der Waals surface area contributed by atoms with Gasteiger partial charge in [0.15, 0.2) is 0 Å². The number of hydrogen-bond acceptors (Lipinski definition) is 8. The highest BCUT2D eigenvalue weighted by atomic mass is 16.6. The molecule has 4 unspecified atom stereocenters. The maximum absolute atomic E-state index is 13.2. The summed E-state index contributed by atoms with van der Waals surface area (Å²) >= 11 is 0. The molecule has 1 aromatic rings. The lowest BCUT2D eigenvalue weighted by molar-refractivity contribution is -0.155. The number of carbonyl (C=O) groups is 5. The zero-order valence-corrected chi connectivity index (χ0v) is 15.5. The van der Waals surface area contributed by atoms with E-state index in [1.807, 2.05) is 0 Å². The van der Waals surface area contributed by atoms with Crippen LogP contribution in [0.5, 0.6) is 5.75 Å². The number of ether oxygens (including phenoxy) is 3. The van der Waals surface area contributed by atoms with E-state index in [0.29, 0.717) is 11.3 Å². The molecular formula is C21H16O8. The highest BCUT2D eigenvalue weighted by Crippen LogP contribution is 2.67. The fourth-order valence-corrected chi connectivity index (χ4v) is 5.86. The van der Waals surface area contributed by atoms with Gasteiger partial charge in [0, 0.05) is 16.9 Å². The number of esters is 5. The van der Waals surface area contributed by atoms with E-state index in [0.717, 1.165) is 0 Å². The summed E-state index contributed by atoms with van der Waals surface area (Å²) in [5.41, 5.74) is -0.867. The summed E-state index contributed by atoms with van der Waals surface area (Å²) in [5.74, 6) is -8.30. The van der Waals surface area contributed by atoms with Crippen LogP contribution in [0.1, 0.15) is 13.8 Å². The molecule has 0 amide bonds. The molecule has 29 heavy (non-hydrogen) atoms. The third-order valence-electron chi connectivity index (χ3n) is 6.83. The fraction of sp³-hybridized carbons (Fsp3) is 0.381. The van der Waals surface area contributed by atoms with E-state index in [1.54, 1.807) is 44.2 Å². The van der Waals surface area contributed by atoms with Gasteiger partial charge in [-0.15, -0.1) is 0 Å². The summed E-state index contributed by atoms with van der Waals surface area (Å²) < 4.78 is 15.2. The van der Waals surface area contributed by atoms with Crippen LogP contribution in [0.3, 0.4) is 0 Å². The van der Waals surface area contributed by atoms with Crippen molar-refractivity contribution in [2.24, 2.45) is 35.0 Å². The molecule has 148 valence electrons. The first-order valence-corrected chi connectivity index (χ1v) is 9.26. The van der Waals surface area contributed by atoms with Crippen molar-refractivity contribution in [3.63, 3.8) is 0 Å². The molecule has 2 saturated heterocycles. The summed E-state index contributed by atoms with van der Waals surface area (Å²) in [6, 6.07) is 8.36. The van der Waals surface area contributed by atoms with Crippen molar-refractivity contribution in [1.82, 2.24) is 0 Å². The molecule has 3 fully saturated rings. The summed E-state index contributed by atoms with van der Waals surface area (Å²) in [6.45, 7) is 3.17. The third kappa shape index (κ3) is 2.06. The number of benzene rings is 1. The molecule has 0 spiro atoms. The average Bonchev–Trinajstić information content (AvgIpc) is 3.13. The van der Waals surface area contributed by atoms with Crippen LogP contribution in [0.4, 0.5) is 0 Å². The molecular weight excluding hydrogens is 380 g/mol. The van der Waals surface area contributed by atoms with E-state index in [2.05, 4.69) is 0 Å². The maximum atomic E-state index is 13.2. The molecule has 0 radical (unpaired) electrons. The highest BCUT2D eigenvalue weighted by Gasteiger charge is 2.76. The minimum Gasteiger partial charge on any atom is -0.423 e. The number of para-hydroxylation sites is 1. The number of hydrogen-bond donors (Lipinski definition) is 0. The van der Waals surface area contributed by atoms with Crippen LogP contribution in [-0.4, -0.2) is 29.8 Å². The fourth-order valence-electron chi connectivity index (χ4n) is 5.86. The predicted octanol–water partition coefficient (Wildman–Crippen LogP) is 1.19. The lowest BCUT2D eigenvalue weighted by Crippen LogP contribution is -2.61. The monoisotopic (exact) mass is 396 g/mol. The Morgan fingerprint density at radius 2 is 1.38 bits per heavy atom. The van der Waals surface area contributed by atoms with Crippen molar-refractivity contribution < 1.29 is 38.2 Å². The number of carbonyl (C=O) groups excluding carboxylic acids is 5. The Bertz CT molecular complexity index is 994. The maximum Gasteiger partial charge on any atom is 0.339 e. The molecule has 2 aliphatic heterocycles. The quantitative estimate of drug-likeness (QED) is 0.416. The van der Waals surface area contributed by atoms with Gasteiger partial charge in [-0.2, -0.15) is 0 Å². The number of allylic oxidation sites excluding steroid dienone is 1. The Kier molecular flexibility index (Phi) is 3.45. The van der Waals surface area contributed by atoms with Crippen LogP contribution in [0.2, 0.25) is 0 Å². The summed E-state index contributed by atoms with van der Waals surface area (Å²) in [7, 11) is 0. The van der Waals surface area contributed by atoms with Gasteiger partial charge < -0.3 is 14.2 Å². The molecule has 1 saturated carbocycles. The van der Waals surface area contributed by atoms with E-state index >= 15 is 0 Å². The minimum absolute atomic E-state index is 0.132. The molecule has 8 nitrogen and oxygen atoms in total. The SMILES string of the molecule is CC1=C(C(=O)Oc2ccccc2)C2(C)C3C(=O)OC(=O)C3C1C1C(=O)OC(=O)C12. The summed E-state index contributed by atoms with van der Waals surface area (Å²) in [5, 5.41) is 0. The Balaban J connectivity index is 1.69. The van der Waals surface area contributed by atoms with Crippen LogP contribution in [0.15, 0.2) is 41.5 Å². The lowest BCUT2D eigenvalue weighted by atomic mass is 9.43. The smallest absolute Gasteiger partial charge is 0.339 e. The molecule has 2 bridgehead atoms. The lowest BCUT2D eigenvalue weighted by Gasteiger charge is -2.54. The summed E-state index contributed by atoms with van der Waals surface area (Å²) in [4.78, 5) is 63.2. The topological polar surface area (TPSA) is 113 Å². The Labute approximate surface area is 164 Å². The molecule has 1 aromatic carbocycles. The summed E-state index contributed by atoms with van der Waals surface area (Å²) in [6.07, 6.45) is 0. The van der Waals surface area contributed by atoms with Gasteiger partial charge in [0.05, 0.1) is 23.7 Å². The molecule has 0 N–H and O–H groups in total. The van der Waals surface area contributed by atoms with Gasteiger partial charge in [0.1, 0.15) is 5.75 Å². The molecule has 5 aliphatic rings. The van der Waals surface area contributed by atoms with E-state index < -0.39 is 64.9 Å². The molecule has 3 aliphatic carbocycles. The minimum atomic E-state index is -1.45. The van der Waals surface area contributed by atoms with E-state index in [9.17, 15) is 24.0 Å². The number of rotatable bonds is 2. The molecule has 6 rings (SSSR count). The van der Waals surface area contributed by atoms with Crippen molar-refractivity contribution >= 4 is 29.8 Å². The van der Waals surface area contributed by atoms with Gasteiger partial charge >= 0.3 is 29.8 Å². The average molecular weight is 396 g/mol. The molecule has 4 atom stereocenters. The number of cyclic esters (lactones) is 4. The Morgan fingerprint density at radius 3 is 1.90 bits per heavy atom. The van der Waals surface area contributed by atoms with Gasteiger partial charge in [0.25, 0.3) is 0 Å². The van der Waals surface area contributed by atoms with E-state index in [-0.39, 0.29) is 5.57 Å². The molecule has 8 heteroatoms. The predicted molar refractivity (Wildman–Crippen MR) is 92.5 cm³/mol. The van der Waals surface area contributed by atoms with Crippen molar-refractivity contribution in [3.05, 3.63) is 41.5 Å². The van der Waals surface area contributed by atoms with Crippen LogP contribution in [0.25, 0.3) is 0 Å². The van der Waals surface area contributed by atoms with Gasteiger partial charge in [-0.1, -0.05) is 30.7 Å². The zero-order valence-electron chi connectivity index (χ0n) is 15.5. The van der Waals surface area contributed by atoms with Crippen LogP contribution < -0.4 is 4.74 Å². The third-order valence-corrected chi connectivity index (χ3v) is 6.83. The van der Waals surface area contributed by atoms with Gasteiger partial charge in [-0.25, -0.2) is 4.79 Å². The first kappa shape index (κ1) is 17.8. The van der Waals surface area contributed by atoms with Crippen molar-refractivity contribution in [2.45, 2.75) is 13.8 Å². The van der Waals surface area contributed by atoms with E-state index in [4.69, 9.17) is 14.2 Å². The Hall–Kier alpha value is -3.29. The highest BCUT2D eigenvalue weighted by molar-refractivity contribution is 6.07. The second-order valence-corrected chi connectivity index (χ2v) is 8.06. The zero-order chi connectivity index (χ0) is 20.7. The van der Waals surface area contributed by atoms with Crippen LogP contribution in [-0.2, 0) is 33.4 Å². The van der Waals surface area contributed by atoms with Crippen molar-refractivity contribution in [2.75, 3.05) is 0 Å². The van der Waals surface area contributed by atoms with Crippen LogP contribution in [0, 0.1) is 35.0 Å².